The Morgan fingerprint density at radius 3 is 2.62 bits per heavy atom. The third kappa shape index (κ3) is 3.64. The van der Waals surface area contributed by atoms with Gasteiger partial charge in [-0.2, -0.15) is 0 Å². The van der Waals surface area contributed by atoms with Crippen molar-refractivity contribution in [1.29, 1.82) is 0 Å². The molecule has 8 heteroatoms. The topological polar surface area (TPSA) is 53.1 Å². The number of carbonyl (C=O) groups is 2. The first-order valence-electron chi connectivity index (χ1n) is 8.56. The Kier molecular flexibility index (Phi) is 5.14. The maximum Gasteiger partial charge on any atom is 0.410 e. The minimum atomic E-state index is -0.541. The van der Waals surface area contributed by atoms with Gasteiger partial charge in [-0.3, -0.25) is 4.79 Å². The van der Waals surface area contributed by atoms with Gasteiger partial charge in [0.2, 0.25) is 0 Å². The number of hydrogen-bond acceptors (Lipinski definition) is 4. The van der Waals surface area contributed by atoms with Crippen molar-refractivity contribution in [1.82, 2.24) is 9.80 Å². The second kappa shape index (κ2) is 6.93. The number of nitrogens with zero attached hydrogens (tertiary/aromatic N) is 3. The fourth-order valence-corrected chi connectivity index (χ4v) is 4.05. The number of piperazine rings is 1. The number of rotatable bonds is 0. The Hall–Kier alpha value is -1.47. The molecule has 0 aliphatic carbocycles. The van der Waals surface area contributed by atoms with Gasteiger partial charge in [0.15, 0.2) is 0 Å². The summed E-state index contributed by atoms with van der Waals surface area (Å²) in [7, 11) is 1.92. The fourth-order valence-electron chi connectivity index (χ4n) is 3.42. The van der Waals surface area contributed by atoms with Crippen LogP contribution in [0.3, 0.4) is 0 Å². The van der Waals surface area contributed by atoms with Crippen LogP contribution in [0.25, 0.3) is 0 Å². The quantitative estimate of drug-likeness (QED) is 0.613. The molecule has 2 aliphatic heterocycles. The number of fused-ring (bicyclic) bond motifs is 2. The SMILES string of the molecule is CN1C[C@H]2CN(C(=O)OC(C)(C)C)CCN2C(=O)c2ccc(Br)c(Cl)c21. The third-order valence-electron chi connectivity index (χ3n) is 4.56. The average molecular weight is 445 g/mol. The molecule has 3 rings (SSSR count). The van der Waals surface area contributed by atoms with Gasteiger partial charge in [-0.15, -0.1) is 0 Å². The molecule has 2 aliphatic rings. The summed E-state index contributed by atoms with van der Waals surface area (Å²) < 4.78 is 6.24. The Morgan fingerprint density at radius 2 is 1.96 bits per heavy atom. The molecule has 0 aromatic heterocycles. The molecule has 1 atom stereocenters. The van der Waals surface area contributed by atoms with Crippen LogP contribution in [0, 0.1) is 0 Å². The molecule has 0 N–H and O–H groups in total. The molecule has 142 valence electrons. The molecule has 0 unspecified atom stereocenters. The second-order valence-corrected chi connectivity index (χ2v) is 8.95. The van der Waals surface area contributed by atoms with Gasteiger partial charge in [-0.05, 0) is 48.8 Å². The molecule has 6 nitrogen and oxygen atoms in total. The lowest BCUT2D eigenvalue weighted by atomic mass is 10.1. The van der Waals surface area contributed by atoms with E-state index in [1.54, 1.807) is 17.0 Å². The van der Waals surface area contributed by atoms with E-state index >= 15 is 0 Å². The van der Waals surface area contributed by atoms with Crippen molar-refractivity contribution in [2.24, 2.45) is 0 Å². The number of halogens is 2. The molecule has 1 aromatic carbocycles. The summed E-state index contributed by atoms with van der Waals surface area (Å²) >= 11 is 9.88. The largest absolute Gasteiger partial charge is 0.444 e. The lowest BCUT2D eigenvalue weighted by Gasteiger charge is -2.41. The summed E-state index contributed by atoms with van der Waals surface area (Å²) in [5, 5.41) is 0.530. The minimum Gasteiger partial charge on any atom is -0.444 e. The Bertz CT molecular complexity index is 750. The van der Waals surface area contributed by atoms with Gasteiger partial charge in [-0.1, -0.05) is 11.6 Å². The Morgan fingerprint density at radius 1 is 1.27 bits per heavy atom. The molecule has 0 bridgehead atoms. The molecule has 1 aromatic rings. The highest BCUT2D eigenvalue weighted by Crippen LogP contribution is 2.38. The van der Waals surface area contributed by atoms with Crippen LogP contribution in [-0.4, -0.2) is 66.7 Å². The zero-order valence-corrected chi connectivity index (χ0v) is 17.7. The number of hydrogen-bond donors (Lipinski definition) is 0. The van der Waals surface area contributed by atoms with Crippen LogP contribution < -0.4 is 4.90 Å². The Balaban J connectivity index is 1.86. The smallest absolute Gasteiger partial charge is 0.410 e. The van der Waals surface area contributed by atoms with E-state index in [2.05, 4.69) is 15.9 Å². The zero-order valence-electron chi connectivity index (χ0n) is 15.4. The Labute approximate surface area is 167 Å². The maximum absolute atomic E-state index is 13.1. The van der Waals surface area contributed by atoms with E-state index in [-0.39, 0.29) is 18.0 Å². The molecule has 1 fully saturated rings. The van der Waals surface area contributed by atoms with Crippen molar-refractivity contribution >= 4 is 45.2 Å². The van der Waals surface area contributed by atoms with Gasteiger partial charge in [0.25, 0.3) is 5.91 Å². The summed E-state index contributed by atoms with van der Waals surface area (Å²) in [4.78, 5) is 31.0. The molecule has 2 amide bonds. The van der Waals surface area contributed by atoms with Crippen molar-refractivity contribution in [2.75, 3.05) is 38.1 Å². The van der Waals surface area contributed by atoms with Gasteiger partial charge < -0.3 is 19.4 Å². The summed E-state index contributed by atoms with van der Waals surface area (Å²) in [6.07, 6.45) is -0.338. The predicted octanol–water partition coefficient (Wildman–Crippen LogP) is 3.61. The molecule has 1 saturated heterocycles. The van der Waals surface area contributed by atoms with Gasteiger partial charge in [-0.25, -0.2) is 4.79 Å². The normalized spacial score (nSPS) is 20.5. The monoisotopic (exact) mass is 443 g/mol. The van der Waals surface area contributed by atoms with Gasteiger partial charge in [0.05, 0.1) is 22.3 Å². The minimum absolute atomic E-state index is 0.0485. The number of amides is 2. The van der Waals surface area contributed by atoms with Gasteiger partial charge in [0.1, 0.15) is 5.60 Å². The molecule has 0 spiro atoms. The van der Waals surface area contributed by atoms with Crippen LogP contribution in [0.2, 0.25) is 5.02 Å². The maximum atomic E-state index is 13.1. The fraction of sp³-hybridized carbons (Fsp3) is 0.556. The van der Waals surface area contributed by atoms with Crippen LogP contribution in [0.1, 0.15) is 31.1 Å². The third-order valence-corrected chi connectivity index (χ3v) is 5.83. The van der Waals surface area contributed by atoms with Crippen molar-refractivity contribution in [3.63, 3.8) is 0 Å². The highest BCUT2D eigenvalue weighted by molar-refractivity contribution is 9.10. The molecule has 0 radical (unpaired) electrons. The van der Waals surface area contributed by atoms with Crippen molar-refractivity contribution in [3.8, 4) is 0 Å². The molecular formula is C18H23BrClN3O3. The summed E-state index contributed by atoms with van der Waals surface area (Å²) in [6, 6.07) is 3.48. The average Bonchev–Trinajstić information content (AvgIpc) is 2.64. The predicted molar refractivity (Wildman–Crippen MR) is 105 cm³/mol. The van der Waals surface area contributed by atoms with Crippen molar-refractivity contribution in [2.45, 2.75) is 32.4 Å². The van der Waals surface area contributed by atoms with E-state index in [1.807, 2.05) is 37.6 Å². The number of benzene rings is 1. The molecule has 2 heterocycles. The summed E-state index contributed by atoms with van der Waals surface area (Å²) in [5.74, 6) is -0.0485. The summed E-state index contributed by atoms with van der Waals surface area (Å²) in [5.41, 5.74) is 0.776. The first-order chi connectivity index (χ1) is 12.1. The highest BCUT2D eigenvalue weighted by atomic mass is 79.9. The van der Waals surface area contributed by atoms with Crippen molar-refractivity contribution in [3.05, 3.63) is 27.2 Å². The van der Waals surface area contributed by atoms with E-state index in [0.29, 0.717) is 36.8 Å². The second-order valence-electron chi connectivity index (χ2n) is 7.72. The van der Waals surface area contributed by atoms with Crippen LogP contribution in [0.5, 0.6) is 0 Å². The van der Waals surface area contributed by atoms with Crippen LogP contribution in [0.15, 0.2) is 16.6 Å². The van der Waals surface area contributed by atoms with Crippen LogP contribution >= 0.6 is 27.5 Å². The van der Waals surface area contributed by atoms with Gasteiger partial charge >= 0.3 is 6.09 Å². The first kappa shape index (κ1) is 19.3. The molecular weight excluding hydrogens is 422 g/mol. The van der Waals surface area contributed by atoms with E-state index in [9.17, 15) is 9.59 Å². The van der Waals surface area contributed by atoms with Crippen molar-refractivity contribution < 1.29 is 14.3 Å². The standard InChI is InChI=1S/C18H23BrClN3O3/c1-18(2,3)26-17(25)22-7-8-23-11(10-22)9-21(4)15-12(16(23)24)5-6-13(19)14(15)20/h5-6,11H,7-10H2,1-4H3/t11-/m0/s1. The van der Waals surface area contributed by atoms with E-state index in [1.165, 1.54) is 0 Å². The molecule has 0 saturated carbocycles. The number of carbonyl (C=O) groups excluding carboxylic acids is 2. The highest BCUT2D eigenvalue weighted by Gasteiger charge is 2.39. The number of ether oxygens (including phenoxy) is 1. The van der Waals surface area contributed by atoms with Crippen LogP contribution in [-0.2, 0) is 4.74 Å². The van der Waals surface area contributed by atoms with E-state index in [0.717, 1.165) is 10.2 Å². The van der Waals surface area contributed by atoms with Gasteiger partial charge in [0, 0.05) is 37.7 Å². The molecule has 26 heavy (non-hydrogen) atoms. The summed E-state index contributed by atoms with van der Waals surface area (Å²) in [6.45, 7) is 7.51. The van der Waals surface area contributed by atoms with E-state index < -0.39 is 5.60 Å². The lowest BCUT2D eigenvalue weighted by Crippen LogP contribution is -2.58. The zero-order chi connectivity index (χ0) is 19.2. The first-order valence-corrected chi connectivity index (χ1v) is 9.73. The number of anilines is 1. The lowest BCUT2D eigenvalue weighted by molar-refractivity contribution is 0.00560. The number of likely N-dealkylation sites (N-methyl/N-ethyl adjacent to an activating group) is 1. The van der Waals surface area contributed by atoms with Crippen LogP contribution in [0.4, 0.5) is 10.5 Å². The van der Waals surface area contributed by atoms with E-state index in [4.69, 9.17) is 16.3 Å².